The molecule has 0 radical (unpaired) electrons. The van der Waals surface area contributed by atoms with Crippen molar-refractivity contribution in [2.75, 3.05) is 31.6 Å². The predicted octanol–water partition coefficient (Wildman–Crippen LogP) is -3.47. The third-order valence-corrected chi connectivity index (χ3v) is 7.55. The fourth-order valence-corrected chi connectivity index (χ4v) is 5.06. The molecule has 3 heterocycles. The van der Waals surface area contributed by atoms with E-state index >= 15 is 0 Å². The SMILES string of the molecule is O=C1c2cccc(NCc3ccc(C(O)(O)N4CCOCC4)cc3F)c2CN1C1(O)C(=O)NC(=O)C(O)(O)C1(O)O. The van der Waals surface area contributed by atoms with E-state index in [1.165, 1.54) is 40.5 Å². The lowest BCUT2D eigenvalue weighted by Crippen LogP contribution is -2.85. The zero-order valence-corrected chi connectivity index (χ0v) is 21.2. The molecule has 3 amide bonds. The predicted molar refractivity (Wildman–Crippen MR) is 131 cm³/mol. The van der Waals surface area contributed by atoms with E-state index in [9.17, 15) is 54.5 Å². The molecule has 3 aliphatic rings. The van der Waals surface area contributed by atoms with Crippen LogP contribution in [0.25, 0.3) is 0 Å². The standard InChI is InChI=1S/C25H27FN4O11/c26-17-10-14(24(37,38)29-6-8-41-9-7-29)5-4-13(17)11-27-18-3-1-2-15-16(18)12-30(19(15)31)22(34)20(32)28-21(33)23(35,36)25(22,39)40/h1-5,10,27,34-40H,6-9,11-12H2,(H,28,32,33). The number of nitrogens with one attached hydrogen (secondary N) is 2. The van der Waals surface area contributed by atoms with Crippen LogP contribution in [-0.4, -0.2) is 107 Å². The smallest absolute Gasteiger partial charge is 0.306 e. The summed E-state index contributed by atoms with van der Waals surface area (Å²) < 4.78 is 20.2. The van der Waals surface area contributed by atoms with Crippen LogP contribution >= 0.6 is 0 Å². The highest BCUT2D eigenvalue weighted by atomic mass is 19.1. The number of fused-ring (bicyclic) bond motifs is 1. The Bertz CT molecular complexity index is 1430. The highest BCUT2D eigenvalue weighted by molar-refractivity contribution is 6.10. The summed E-state index contributed by atoms with van der Waals surface area (Å²) in [5.41, 5.74) is -3.48. The van der Waals surface area contributed by atoms with Crippen LogP contribution in [0.2, 0.25) is 0 Å². The summed E-state index contributed by atoms with van der Waals surface area (Å²) in [6.45, 7) is 0.196. The minimum atomic E-state index is -4.23. The van der Waals surface area contributed by atoms with Crippen molar-refractivity contribution in [2.45, 2.75) is 36.3 Å². The maximum absolute atomic E-state index is 15.0. The van der Waals surface area contributed by atoms with Gasteiger partial charge in [-0.15, -0.1) is 0 Å². The molecule has 1 unspecified atom stereocenters. The number of ether oxygens (including phenoxy) is 1. The Labute approximate surface area is 230 Å². The lowest BCUT2D eigenvalue weighted by molar-refractivity contribution is -0.407. The second-order valence-corrected chi connectivity index (χ2v) is 9.92. The van der Waals surface area contributed by atoms with Crippen molar-refractivity contribution >= 4 is 23.4 Å². The number of nitrogens with zero attached hydrogens (tertiary/aromatic N) is 2. The molecule has 0 bridgehead atoms. The van der Waals surface area contributed by atoms with E-state index < -0.39 is 53.3 Å². The van der Waals surface area contributed by atoms with Gasteiger partial charge in [-0.05, 0) is 18.2 Å². The Morgan fingerprint density at radius 3 is 2.34 bits per heavy atom. The number of morpholine rings is 1. The van der Waals surface area contributed by atoms with E-state index in [1.54, 1.807) is 0 Å². The topological polar surface area (TPSA) is 233 Å². The van der Waals surface area contributed by atoms with Crippen molar-refractivity contribution in [1.29, 1.82) is 0 Å². The van der Waals surface area contributed by atoms with Crippen LogP contribution in [0, 0.1) is 5.82 Å². The third-order valence-electron chi connectivity index (χ3n) is 7.55. The van der Waals surface area contributed by atoms with Gasteiger partial charge in [0.15, 0.2) is 0 Å². The van der Waals surface area contributed by atoms with Crippen LogP contribution in [0.15, 0.2) is 36.4 Å². The van der Waals surface area contributed by atoms with Crippen molar-refractivity contribution in [2.24, 2.45) is 0 Å². The van der Waals surface area contributed by atoms with Crippen LogP contribution in [0.5, 0.6) is 0 Å². The van der Waals surface area contributed by atoms with Gasteiger partial charge in [-0.25, -0.2) is 9.29 Å². The number of hydrogen-bond donors (Lipinski definition) is 9. The zero-order chi connectivity index (χ0) is 30.0. The van der Waals surface area contributed by atoms with E-state index in [-0.39, 0.29) is 65.7 Å². The van der Waals surface area contributed by atoms with E-state index in [2.05, 4.69) is 5.32 Å². The molecule has 0 aliphatic carbocycles. The van der Waals surface area contributed by atoms with E-state index in [0.29, 0.717) is 0 Å². The van der Waals surface area contributed by atoms with Gasteiger partial charge < -0.3 is 45.8 Å². The maximum atomic E-state index is 15.0. The van der Waals surface area contributed by atoms with Crippen LogP contribution < -0.4 is 10.6 Å². The van der Waals surface area contributed by atoms with Crippen molar-refractivity contribution in [1.82, 2.24) is 15.1 Å². The number of amides is 3. The van der Waals surface area contributed by atoms with Gasteiger partial charge in [0.1, 0.15) is 5.82 Å². The maximum Gasteiger partial charge on any atom is 0.306 e. The van der Waals surface area contributed by atoms with Crippen LogP contribution in [0.4, 0.5) is 10.1 Å². The number of anilines is 1. The molecule has 3 aliphatic heterocycles. The second kappa shape index (κ2) is 9.76. The number of halogens is 1. The minimum Gasteiger partial charge on any atom is -0.381 e. The molecule has 0 saturated carbocycles. The number of hydrogen-bond acceptors (Lipinski definition) is 13. The first-order valence-corrected chi connectivity index (χ1v) is 12.4. The number of piperidine rings is 1. The van der Waals surface area contributed by atoms with Gasteiger partial charge in [0.2, 0.25) is 0 Å². The van der Waals surface area contributed by atoms with Gasteiger partial charge >= 0.3 is 5.79 Å². The molecule has 0 aromatic heterocycles. The molecule has 16 heteroatoms. The molecule has 2 saturated heterocycles. The first-order valence-electron chi connectivity index (χ1n) is 12.4. The van der Waals surface area contributed by atoms with E-state index in [1.807, 2.05) is 0 Å². The van der Waals surface area contributed by atoms with Gasteiger partial charge in [-0.2, -0.15) is 0 Å². The third kappa shape index (κ3) is 4.28. The molecular formula is C25H27FN4O11. The Hall–Kier alpha value is -3.58. The number of benzene rings is 2. The molecule has 220 valence electrons. The summed E-state index contributed by atoms with van der Waals surface area (Å²) >= 11 is 0. The molecule has 2 aromatic rings. The number of carbonyl (C=O) groups is 3. The summed E-state index contributed by atoms with van der Waals surface area (Å²) in [6.07, 6.45) is 0. The fraction of sp³-hybridized carbons (Fsp3) is 0.400. The van der Waals surface area contributed by atoms with E-state index in [4.69, 9.17) is 4.74 Å². The molecule has 2 aromatic carbocycles. The van der Waals surface area contributed by atoms with Gasteiger partial charge in [-0.1, -0.05) is 18.2 Å². The molecule has 2 fully saturated rings. The van der Waals surface area contributed by atoms with Gasteiger partial charge in [-0.3, -0.25) is 24.6 Å². The summed E-state index contributed by atoms with van der Waals surface area (Å²) in [4.78, 5) is 39.0. The Morgan fingerprint density at radius 1 is 1.00 bits per heavy atom. The van der Waals surface area contributed by atoms with Crippen molar-refractivity contribution in [3.8, 4) is 0 Å². The quantitative estimate of drug-likeness (QED) is 0.120. The number of aliphatic hydroxyl groups is 7. The lowest BCUT2D eigenvalue weighted by atomic mass is 9.86. The zero-order valence-electron chi connectivity index (χ0n) is 21.2. The van der Waals surface area contributed by atoms with Gasteiger partial charge in [0.05, 0.1) is 19.8 Å². The van der Waals surface area contributed by atoms with Crippen LogP contribution in [-0.2, 0) is 33.3 Å². The summed E-state index contributed by atoms with van der Waals surface area (Å²) in [7, 11) is 0. The van der Waals surface area contributed by atoms with Crippen LogP contribution in [0.3, 0.4) is 0 Å². The molecular weight excluding hydrogens is 551 g/mol. The average Bonchev–Trinajstić information content (AvgIpc) is 3.28. The minimum absolute atomic E-state index is 0.0969. The van der Waals surface area contributed by atoms with Gasteiger partial charge in [0.25, 0.3) is 35.1 Å². The second-order valence-electron chi connectivity index (χ2n) is 9.92. The molecule has 0 spiro atoms. The largest absolute Gasteiger partial charge is 0.381 e. The summed E-state index contributed by atoms with van der Waals surface area (Å²) in [5.74, 6) is -16.3. The van der Waals surface area contributed by atoms with Crippen LogP contribution in [0.1, 0.15) is 27.0 Å². The summed E-state index contributed by atoms with van der Waals surface area (Å²) in [6, 6.07) is 7.84. The molecule has 15 nitrogen and oxygen atoms in total. The molecule has 41 heavy (non-hydrogen) atoms. The van der Waals surface area contributed by atoms with Gasteiger partial charge in [0, 0.05) is 47.6 Å². The molecule has 5 rings (SSSR count). The Morgan fingerprint density at radius 2 is 1.68 bits per heavy atom. The highest BCUT2D eigenvalue weighted by Crippen LogP contribution is 2.42. The van der Waals surface area contributed by atoms with Crippen molar-refractivity contribution in [3.05, 3.63) is 64.5 Å². The summed E-state index contributed by atoms with van der Waals surface area (Å²) in [5, 5.41) is 77.1. The number of rotatable bonds is 6. The van der Waals surface area contributed by atoms with E-state index in [0.717, 1.165) is 6.07 Å². The number of imide groups is 1. The lowest BCUT2D eigenvalue weighted by Gasteiger charge is -2.50. The normalized spacial score (nSPS) is 24.3. The Balaban J connectivity index is 1.37. The fourth-order valence-electron chi connectivity index (χ4n) is 5.06. The highest BCUT2D eigenvalue weighted by Gasteiger charge is 2.76. The molecule has 9 N–H and O–H groups in total. The van der Waals surface area contributed by atoms with Crippen molar-refractivity contribution in [3.63, 3.8) is 0 Å². The average molecular weight is 579 g/mol. The monoisotopic (exact) mass is 578 g/mol. The van der Waals surface area contributed by atoms with Crippen molar-refractivity contribution < 1.29 is 59.3 Å². The first-order chi connectivity index (χ1) is 19.1. The number of carbonyl (C=O) groups excluding carboxylic acids is 3. The first kappa shape index (κ1) is 28.9. The molecule has 1 atom stereocenters. The Kier molecular flexibility index (Phi) is 6.89.